The van der Waals surface area contributed by atoms with E-state index in [4.69, 9.17) is 11.6 Å². The van der Waals surface area contributed by atoms with Crippen LogP contribution in [0.4, 0.5) is 9.52 Å². The summed E-state index contributed by atoms with van der Waals surface area (Å²) in [6.45, 7) is 1.15. The summed E-state index contributed by atoms with van der Waals surface area (Å²) in [4.78, 5) is 21.1. The molecule has 0 unspecified atom stereocenters. The molecule has 0 spiro atoms. The summed E-state index contributed by atoms with van der Waals surface area (Å²) in [5.41, 5.74) is 0.598. The average molecular weight is 520 g/mol. The quantitative estimate of drug-likeness (QED) is 0.411. The number of anilines is 1. The predicted molar refractivity (Wildman–Crippen MR) is 130 cm³/mol. The number of hydrogen-bond donors (Lipinski definition) is 0. The third-order valence-corrected chi connectivity index (χ3v) is 7.64. The third kappa shape index (κ3) is 6.86. The summed E-state index contributed by atoms with van der Waals surface area (Å²) in [5.74, 6) is -1.03. The SMILES string of the molecule is CN(C)CCCN(C(=O)CCS(=O)(=O)c1ccc(Cl)cc1)c1nc2ccc(F)cc2s1.Cl. The molecule has 1 aromatic heterocycles. The summed E-state index contributed by atoms with van der Waals surface area (Å²) >= 11 is 7.04. The summed E-state index contributed by atoms with van der Waals surface area (Å²) in [6, 6.07) is 10.1. The monoisotopic (exact) mass is 519 g/mol. The molecule has 1 heterocycles. The molecule has 0 bridgehead atoms. The van der Waals surface area contributed by atoms with Gasteiger partial charge in [-0.05, 0) is 69.5 Å². The van der Waals surface area contributed by atoms with Gasteiger partial charge in [-0.3, -0.25) is 9.69 Å². The summed E-state index contributed by atoms with van der Waals surface area (Å²) in [5, 5.41) is 0.877. The van der Waals surface area contributed by atoms with Crippen molar-refractivity contribution in [3.8, 4) is 0 Å². The Morgan fingerprint density at radius 2 is 1.81 bits per heavy atom. The van der Waals surface area contributed by atoms with Crippen molar-refractivity contribution in [3.05, 3.63) is 53.3 Å². The van der Waals surface area contributed by atoms with Crippen molar-refractivity contribution in [2.24, 2.45) is 0 Å². The number of hydrogen-bond acceptors (Lipinski definition) is 6. The molecule has 2 aromatic carbocycles. The molecule has 0 radical (unpaired) electrons. The fourth-order valence-electron chi connectivity index (χ4n) is 2.99. The first kappa shape index (κ1) is 26.5. The standard InChI is InChI=1S/C21H23ClFN3O3S2.ClH/c1-25(2)11-3-12-26(21-24-18-9-6-16(23)14-19(18)30-21)20(27)10-13-31(28,29)17-7-4-15(22)5-8-17;/h4-9,14H,3,10-13H2,1-2H3;1H. The van der Waals surface area contributed by atoms with Crippen molar-refractivity contribution >= 4 is 66.4 Å². The highest BCUT2D eigenvalue weighted by molar-refractivity contribution is 7.91. The van der Waals surface area contributed by atoms with Gasteiger partial charge in [0.1, 0.15) is 5.82 Å². The van der Waals surface area contributed by atoms with Crippen LogP contribution in [0.5, 0.6) is 0 Å². The fraction of sp³-hybridized carbons (Fsp3) is 0.333. The van der Waals surface area contributed by atoms with E-state index in [0.29, 0.717) is 33.3 Å². The molecule has 0 aliphatic carbocycles. The zero-order valence-electron chi connectivity index (χ0n) is 17.6. The van der Waals surface area contributed by atoms with Crippen molar-refractivity contribution in [1.82, 2.24) is 9.88 Å². The molecule has 11 heteroatoms. The van der Waals surface area contributed by atoms with Crippen LogP contribution in [0, 0.1) is 5.82 Å². The van der Waals surface area contributed by atoms with Gasteiger partial charge in [0.05, 0.1) is 20.9 Å². The highest BCUT2D eigenvalue weighted by atomic mass is 35.5. The molecule has 3 rings (SSSR count). The fourth-order valence-corrected chi connectivity index (χ4v) is 5.38. The van der Waals surface area contributed by atoms with Gasteiger partial charge >= 0.3 is 0 Å². The zero-order chi connectivity index (χ0) is 22.6. The Kier molecular flexibility index (Phi) is 9.41. The Morgan fingerprint density at radius 3 is 2.47 bits per heavy atom. The maximum absolute atomic E-state index is 13.6. The van der Waals surface area contributed by atoms with Crippen molar-refractivity contribution < 1.29 is 17.6 Å². The molecule has 0 N–H and O–H groups in total. The van der Waals surface area contributed by atoms with Gasteiger partial charge in [-0.1, -0.05) is 22.9 Å². The number of sulfone groups is 1. The summed E-state index contributed by atoms with van der Waals surface area (Å²) < 4.78 is 39.4. The number of carbonyl (C=O) groups is 1. The Labute approximate surface area is 202 Å². The number of aromatic nitrogens is 1. The first-order valence-corrected chi connectivity index (χ1v) is 12.5. The number of nitrogens with zero attached hydrogens (tertiary/aromatic N) is 3. The molecule has 1 amide bonds. The lowest BCUT2D eigenvalue weighted by atomic mass is 10.3. The van der Waals surface area contributed by atoms with Gasteiger partial charge in [-0.15, -0.1) is 12.4 Å². The second kappa shape index (κ2) is 11.4. The van der Waals surface area contributed by atoms with Crippen molar-refractivity contribution in [1.29, 1.82) is 0 Å². The van der Waals surface area contributed by atoms with Gasteiger partial charge < -0.3 is 4.90 Å². The molecule has 0 aliphatic rings. The maximum Gasteiger partial charge on any atom is 0.229 e. The van der Waals surface area contributed by atoms with Crippen molar-refractivity contribution in [2.75, 3.05) is 37.8 Å². The van der Waals surface area contributed by atoms with Gasteiger partial charge in [0, 0.05) is 18.0 Å². The molecular formula is C21H24Cl2FN3O3S2. The van der Waals surface area contributed by atoms with Crippen LogP contribution in [0.3, 0.4) is 0 Å². The Morgan fingerprint density at radius 1 is 1.12 bits per heavy atom. The molecule has 3 aromatic rings. The van der Waals surface area contributed by atoms with E-state index in [-0.39, 0.29) is 41.2 Å². The topological polar surface area (TPSA) is 70.6 Å². The lowest BCUT2D eigenvalue weighted by Gasteiger charge is -2.21. The number of rotatable bonds is 9. The van der Waals surface area contributed by atoms with E-state index in [1.165, 1.54) is 52.6 Å². The van der Waals surface area contributed by atoms with Crippen LogP contribution >= 0.6 is 35.3 Å². The van der Waals surface area contributed by atoms with E-state index < -0.39 is 9.84 Å². The first-order chi connectivity index (χ1) is 14.7. The predicted octanol–water partition coefficient (Wildman–Crippen LogP) is 4.66. The van der Waals surface area contributed by atoms with Crippen LogP contribution in [0.1, 0.15) is 12.8 Å². The first-order valence-electron chi connectivity index (χ1n) is 9.65. The largest absolute Gasteiger partial charge is 0.309 e. The van der Waals surface area contributed by atoms with Crippen LogP contribution in [0.2, 0.25) is 5.02 Å². The van der Waals surface area contributed by atoms with Gasteiger partial charge in [-0.2, -0.15) is 0 Å². The lowest BCUT2D eigenvalue weighted by Crippen LogP contribution is -2.34. The van der Waals surface area contributed by atoms with E-state index >= 15 is 0 Å². The van der Waals surface area contributed by atoms with Gasteiger partial charge in [0.15, 0.2) is 15.0 Å². The smallest absolute Gasteiger partial charge is 0.229 e. The number of benzene rings is 2. The Balaban J connectivity index is 0.00000363. The van der Waals surface area contributed by atoms with Crippen molar-refractivity contribution in [2.45, 2.75) is 17.7 Å². The molecule has 32 heavy (non-hydrogen) atoms. The normalized spacial score (nSPS) is 11.5. The molecule has 0 saturated heterocycles. The van der Waals surface area contributed by atoms with Crippen LogP contribution in [0.15, 0.2) is 47.4 Å². The van der Waals surface area contributed by atoms with Gasteiger partial charge in [0.2, 0.25) is 5.91 Å². The van der Waals surface area contributed by atoms with E-state index in [2.05, 4.69) is 4.98 Å². The molecule has 0 saturated carbocycles. The van der Waals surface area contributed by atoms with E-state index in [0.717, 1.165) is 6.54 Å². The molecule has 0 fully saturated rings. The molecule has 0 aliphatic heterocycles. The summed E-state index contributed by atoms with van der Waals surface area (Å²) in [6.07, 6.45) is 0.504. The van der Waals surface area contributed by atoms with Crippen LogP contribution < -0.4 is 4.90 Å². The van der Waals surface area contributed by atoms with Crippen LogP contribution in [-0.2, 0) is 14.6 Å². The van der Waals surface area contributed by atoms with Gasteiger partial charge in [-0.25, -0.2) is 17.8 Å². The Hall–Kier alpha value is -1.78. The minimum Gasteiger partial charge on any atom is -0.309 e. The number of fused-ring (bicyclic) bond motifs is 1. The molecular weight excluding hydrogens is 496 g/mol. The zero-order valence-corrected chi connectivity index (χ0v) is 20.8. The van der Waals surface area contributed by atoms with Gasteiger partial charge in [0.25, 0.3) is 0 Å². The van der Waals surface area contributed by atoms with E-state index in [9.17, 15) is 17.6 Å². The second-order valence-electron chi connectivity index (χ2n) is 7.33. The molecule has 0 atom stereocenters. The molecule has 174 valence electrons. The highest BCUT2D eigenvalue weighted by Crippen LogP contribution is 2.30. The molecule has 6 nitrogen and oxygen atoms in total. The summed E-state index contributed by atoms with van der Waals surface area (Å²) in [7, 11) is 0.239. The number of carbonyl (C=O) groups excluding carboxylic acids is 1. The van der Waals surface area contributed by atoms with E-state index in [1.54, 1.807) is 6.07 Å². The highest BCUT2D eigenvalue weighted by Gasteiger charge is 2.23. The van der Waals surface area contributed by atoms with Crippen LogP contribution in [0.25, 0.3) is 10.2 Å². The number of amides is 1. The number of thiazole rings is 1. The Bertz CT molecular complexity index is 1170. The minimum atomic E-state index is -3.63. The average Bonchev–Trinajstić information content (AvgIpc) is 3.12. The van der Waals surface area contributed by atoms with Crippen molar-refractivity contribution in [3.63, 3.8) is 0 Å². The maximum atomic E-state index is 13.6. The lowest BCUT2D eigenvalue weighted by molar-refractivity contribution is -0.118. The third-order valence-electron chi connectivity index (χ3n) is 4.62. The second-order valence-corrected chi connectivity index (χ2v) is 10.9. The van der Waals surface area contributed by atoms with Crippen LogP contribution in [-0.4, -0.2) is 57.1 Å². The number of halogens is 3. The minimum absolute atomic E-state index is 0. The van der Waals surface area contributed by atoms with E-state index in [1.807, 2.05) is 19.0 Å².